The van der Waals surface area contributed by atoms with Crippen LogP contribution in [0, 0.1) is 17.8 Å². The number of aliphatic hydroxyl groups is 1. The van der Waals surface area contributed by atoms with Crippen LogP contribution >= 0.6 is 11.6 Å². The number of carboxylic acid groups (broad SMARTS) is 1. The Morgan fingerprint density at radius 1 is 1.32 bits per heavy atom. The number of hydrogen-bond acceptors (Lipinski definition) is 3. The summed E-state index contributed by atoms with van der Waals surface area (Å²) in [6.45, 7) is 8.18. The first-order valence-electron chi connectivity index (χ1n) is 7.65. The summed E-state index contributed by atoms with van der Waals surface area (Å²) in [4.78, 5) is 11.3. The summed E-state index contributed by atoms with van der Waals surface area (Å²) in [6.07, 6.45) is 0.722. The van der Waals surface area contributed by atoms with Crippen molar-refractivity contribution in [3.8, 4) is 0 Å². The first kappa shape index (κ1) is 17.3. The lowest BCUT2D eigenvalue weighted by molar-refractivity contribution is -0.316. The molecule has 4 nitrogen and oxygen atoms in total. The Hall–Kier alpha value is -1.10. The lowest BCUT2D eigenvalue weighted by Crippen LogP contribution is -2.51. The van der Waals surface area contributed by atoms with Crippen molar-refractivity contribution in [1.82, 2.24) is 0 Å². The van der Waals surface area contributed by atoms with Crippen LogP contribution in [0.5, 0.6) is 0 Å². The molecule has 0 aliphatic carbocycles. The molecule has 0 saturated carbocycles. The van der Waals surface area contributed by atoms with Crippen molar-refractivity contribution in [2.75, 3.05) is 0 Å². The Morgan fingerprint density at radius 2 is 1.95 bits per heavy atom. The molecule has 0 radical (unpaired) electrons. The van der Waals surface area contributed by atoms with E-state index in [9.17, 15) is 15.0 Å². The van der Waals surface area contributed by atoms with Crippen molar-refractivity contribution >= 4 is 17.6 Å². The molecule has 1 aromatic carbocycles. The van der Waals surface area contributed by atoms with E-state index >= 15 is 0 Å². The highest BCUT2D eigenvalue weighted by molar-refractivity contribution is 6.33. The van der Waals surface area contributed by atoms with E-state index in [0.717, 1.165) is 6.42 Å². The molecule has 1 fully saturated rings. The molecule has 1 aromatic rings. The van der Waals surface area contributed by atoms with Gasteiger partial charge in [0.25, 0.3) is 0 Å². The predicted molar refractivity (Wildman–Crippen MR) is 85.0 cm³/mol. The van der Waals surface area contributed by atoms with Crippen LogP contribution in [0.15, 0.2) is 18.2 Å². The molecule has 0 unspecified atom stereocenters. The van der Waals surface area contributed by atoms with Crippen molar-refractivity contribution in [1.29, 1.82) is 0 Å². The summed E-state index contributed by atoms with van der Waals surface area (Å²) in [6, 6.07) is 4.55. The van der Waals surface area contributed by atoms with E-state index in [0.29, 0.717) is 11.5 Å². The first-order chi connectivity index (χ1) is 10.2. The Balaban J connectivity index is 2.49. The van der Waals surface area contributed by atoms with Gasteiger partial charge in [-0.2, -0.15) is 0 Å². The number of hydrogen-bond donors (Lipinski definition) is 2. The minimum Gasteiger partial charge on any atom is -0.478 e. The monoisotopic (exact) mass is 326 g/mol. The average molecular weight is 327 g/mol. The largest absolute Gasteiger partial charge is 0.478 e. The van der Waals surface area contributed by atoms with Gasteiger partial charge in [-0.1, -0.05) is 45.4 Å². The normalized spacial score (nSPS) is 35.4. The molecule has 0 amide bonds. The molecule has 1 saturated heterocycles. The summed E-state index contributed by atoms with van der Waals surface area (Å²) >= 11 is 5.92. The first-order valence-corrected chi connectivity index (χ1v) is 8.03. The van der Waals surface area contributed by atoms with E-state index in [-0.39, 0.29) is 28.5 Å². The molecule has 5 heteroatoms. The van der Waals surface area contributed by atoms with E-state index < -0.39 is 11.8 Å². The van der Waals surface area contributed by atoms with Crippen LogP contribution in [-0.4, -0.2) is 22.3 Å². The lowest BCUT2D eigenvalue weighted by Gasteiger charge is -2.49. The van der Waals surface area contributed by atoms with Crippen LogP contribution in [0.25, 0.3) is 0 Å². The molecule has 1 heterocycles. The van der Waals surface area contributed by atoms with Crippen LogP contribution < -0.4 is 0 Å². The second-order valence-electron chi connectivity index (χ2n) is 6.27. The molecule has 0 spiro atoms. The zero-order valence-electron chi connectivity index (χ0n) is 13.3. The molecule has 5 atom stereocenters. The van der Waals surface area contributed by atoms with Gasteiger partial charge in [-0.3, -0.25) is 0 Å². The lowest BCUT2D eigenvalue weighted by atomic mass is 9.72. The van der Waals surface area contributed by atoms with Crippen LogP contribution in [0.2, 0.25) is 5.02 Å². The number of carboxylic acids is 1. The number of rotatable bonds is 3. The fourth-order valence-corrected chi connectivity index (χ4v) is 3.49. The minimum atomic E-state index is -1.50. The van der Waals surface area contributed by atoms with E-state index in [1.54, 1.807) is 6.07 Å². The minimum absolute atomic E-state index is 0.0253. The van der Waals surface area contributed by atoms with Crippen LogP contribution in [0.1, 0.15) is 50.0 Å². The van der Waals surface area contributed by atoms with Gasteiger partial charge in [0.2, 0.25) is 0 Å². The van der Waals surface area contributed by atoms with Crippen molar-refractivity contribution in [2.24, 2.45) is 17.8 Å². The van der Waals surface area contributed by atoms with E-state index in [2.05, 4.69) is 13.8 Å². The molecular weight excluding hydrogens is 304 g/mol. The topological polar surface area (TPSA) is 66.8 Å². The van der Waals surface area contributed by atoms with Crippen LogP contribution in [-0.2, 0) is 10.5 Å². The maximum absolute atomic E-state index is 11.3. The molecule has 0 bridgehead atoms. The van der Waals surface area contributed by atoms with Gasteiger partial charge in [-0.05, 0) is 30.4 Å². The SMILES string of the molecule is CC[C@H]1O[C@@](O)(c2ccc(Cl)c(C(=O)O)c2)[C@H](C)[C@@H](C)[C@@H]1C. The van der Waals surface area contributed by atoms with Crippen LogP contribution in [0.3, 0.4) is 0 Å². The molecule has 1 aliphatic rings. The molecule has 122 valence electrons. The summed E-state index contributed by atoms with van der Waals surface area (Å²) < 4.78 is 6.00. The molecule has 22 heavy (non-hydrogen) atoms. The third kappa shape index (κ3) is 2.75. The van der Waals surface area contributed by atoms with Gasteiger partial charge in [-0.25, -0.2) is 4.79 Å². The highest BCUT2D eigenvalue weighted by Crippen LogP contribution is 2.46. The second-order valence-corrected chi connectivity index (χ2v) is 6.67. The smallest absolute Gasteiger partial charge is 0.337 e. The van der Waals surface area contributed by atoms with E-state index in [1.807, 2.05) is 13.8 Å². The number of carbonyl (C=O) groups is 1. The molecule has 2 rings (SSSR count). The molecular formula is C17H23ClO4. The van der Waals surface area contributed by atoms with Gasteiger partial charge in [0.1, 0.15) is 0 Å². The van der Waals surface area contributed by atoms with Crippen molar-refractivity contribution < 1.29 is 19.7 Å². The van der Waals surface area contributed by atoms with Crippen molar-refractivity contribution in [3.05, 3.63) is 34.3 Å². The molecule has 0 aromatic heterocycles. The number of benzene rings is 1. The third-order valence-corrected chi connectivity index (χ3v) is 5.50. The van der Waals surface area contributed by atoms with Gasteiger partial charge >= 0.3 is 5.97 Å². The van der Waals surface area contributed by atoms with Gasteiger partial charge < -0.3 is 14.9 Å². The van der Waals surface area contributed by atoms with Gasteiger partial charge in [0, 0.05) is 11.5 Å². The Kier molecular flexibility index (Phi) is 4.85. The highest BCUT2D eigenvalue weighted by atomic mass is 35.5. The Bertz CT molecular complexity index is 572. The Labute approximate surface area is 136 Å². The molecule has 2 N–H and O–H groups in total. The standard InChI is InChI=1S/C17H23ClO4/c1-5-15-10(3)9(2)11(4)17(21,22-15)12-6-7-14(18)13(8-12)16(19)20/h6-11,15,21H,5H2,1-4H3,(H,19,20)/t9-,10-,11+,15+,17+/m0/s1. The maximum Gasteiger partial charge on any atom is 0.337 e. The Morgan fingerprint density at radius 3 is 2.50 bits per heavy atom. The summed E-state index contributed by atoms with van der Waals surface area (Å²) in [7, 11) is 0. The number of aromatic carboxylic acids is 1. The summed E-state index contributed by atoms with van der Waals surface area (Å²) in [5.41, 5.74) is 0.418. The van der Waals surface area contributed by atoms with Gasteiger partial charge in [-0.15, -0.1) is 0 Å². The second kappa shape index (κ2) is 6.19. The predicted octanol–water partition coefficient (Wildman–Crippen LogP) is 3.90. The van der Waals surface area contributed by atoms with Crippen LogP contribution in [0.4, 0.5) is 0 Å². The zero-order chi connectivity index (χ0) is 16.7. The number of ether oxygens (including phenoxy) is 1. The van der Waals surface area contributed by atoms with E-state index in [4.69, 9.17) is 16.3 Å². The average Bonchev–Trinajstić information content (AvgIpc) is 2.49. The highest BCUT2D eigenvalue weighted by Gasteiger charge is 2.49. The number of halogens is 1. The fraction of sp³-hybridized carbons (Fsp3) is 0.588. The van der Waals surface area contributed by atoms with Crippen molar-refractivity contribution in [3.63, 3.8) is 0 Å². The zero-order valence-corrected chi connectivity index (χ0v) is 14.1. The summed E-state index contributed by atoms with van der Waals surface area (Å²) in [5, 5.41) is 20.5. The van der Waals surface area contributed by atoms with Gasteiger partial charge in [0.15, 0.2) is 5.79 Å². The third-order valence-electron chi connectivity index (χ3n) is 5.17. The fourth-order valence-electron chi connectivity index (χ4n) is 3.29. The summed E-state index contributed by atoms with van der Waals surface area (Å²) in [5.74, 6) is -2.21. The molecule has 1 aliphatic heterocycles. The quantitative estimate of drug-likeness (QED) is 0.884. The maximum atomic E-state index is 11.3. The van der Waals surface area contributed by atoms with Gasteiger partial charge in [0.05, 0.1) is 16.7 Å². The van der Waals surface area contributed by atoms with Crippen molar-refractivity contribution in [2.45, 2.75) is 46.0 Å². The van der Waals surface area contributed by atoms with E-state index in [1.165, 1.54) is 12.1 Å².